The first-order valence-corrected chi connectivity index (χ1v) is 10.9. The van der Waals surface area contributed by atoms with Crippen LogP contribution in [0.25, 0.3) is 0 Å². The largest absolute Gasteiger partial charge is 0.379 e. The number of amides is 3. The van der Waals surface area contributed by atoms with Crippen molar-refractivity contribution in [2.75, 3.05) is 38.2 Å². The Kier molecular flexibility index (Phi) is 8.77. The monoisotopic (exact) mass is 402 g/mol. The Balaban J connectivity index is 1.28. The van der Waals surface area contributed by atoms with Gasteiger partial charge in [-0.15, -0.1) is 0 Å². The van der Waals surface area contributed by atoms with E-state index in [1.54, 1.807) is 0 Å². The normalized spacial score (nSPS) is 18.2. The van der Waals surface area contributed by atoms with Crippen molar-refractivity contribution < 1.29 is 14.3 Å². The van der Waals surface area contributed by atoms with Gasteiger partial charge in [-0.3, -0.25) is 9.69 Å². The minimum absolute atomic E-state index is 0.0274. The first-order valence-electron chi connectivity index (χ1n) is 10.9. The van der Waals surface area contributed by atoms with Crippen molar-refractivity contribution in [1.29, 1.82) is 0 Å². The van der Waals surface area contributed by atoms with E-state index in [1.807, 2.05) is 12.1 Å². The van der Waals surface area contributed by atoms with E-state index in [4.69, 9.17) is 4.74 Å². The molecule has 1 aliphatic carbocycles. The maximum atomic E-state index is 12.1. The Morgan fingerprint density at radius 1 is 1.03 bits per heavy atom. The highest BCUT2D eigenvalue weighted by molar-refractivity contribution is 5.90. The highest BCUT2D eigenvalue weighted by Crippen LogP contribution is 2.17. The Morgan fingerprint density at radius 2 is 1.76 bits per heavy atom. The molecular formula is C22H34N4O3. The highest BCUT2D eigenvalue weighted by atomic mass is 16.5. The summed E-state index contributed by atoms with van der Waals surface area (Å²) in [6.07, 6.45) is 6.81. The van der Waals surface area contributed by atoms with Crippen molar-refractivity contribution in [2.45, 2.75) is 57.5 Å². The minimum Gasteiger partial charge on any atom is -0.379 e. The molecule has 0 atom stereocenters. The molecule has 2 fully saturated rings. The Bertz CT molecular complexity index is 638. The topological polar surface area (TPSA) is 82.7 Å². The van der Waals surface area contributed by atoms with Crippen molar-refractivity contribution in [2.24, 2.45) is 0 Å². The molecule has 1 aliphatic heterocycles. The number of nitrogens with zero attached hydrogens (tertiary/aromatic N) is 1. The quantitative estimate of drug-likeness (QED) is 0.584. The van der Waals surface area contributed by atoms with E-state index in [1.165, 1.54) is 24.8 Å². The van der Waals surface area contributed by atoms with E-state index in [9.17, 15) is 9.59 Å². The number of morpholine rings is 1. The number of hydrogen-bond donors (Lipinski definition) is 3. The van der Waals surface area contributed by atoms with E-state index in [0.717, 1.165) is 51.4 Å². The van der Waals surface area contributed by atoms with E-state index >= 15 is 0 Å². The van der Waals surface area contributed by atoms with Gasteiger partial charge < -0.3 is 20.7 Å². The molecule has 3 amide bonds. The van der Waals surface area contributed by atoms with Crippen molar-refractivity contribution in [3.8, 4) is 0 Å². The summed E-state index contributed by atoms with van der Waals surface area (Å²) in [5, 5.41) is 8.80. The molecule has 0 bridgehead atoms. The van der Waals surface area contributed by atoms with Crippen LogP contribution in [0.2, 0.25) is 0 Å². The summed E-state index contributed by atoms with van der Waals surface area (Å²) < 4.78 is 5.37. The van der Waals surface area contributed by atoms with Crippen LogP contribution >= 0.6 is 0 Å². The lowest BCUT2D eigenvalue weighted by Gasteiger charge is -2.26. The smallest absolute Gasteiger partial charge is 0.315 e. The second-order valence-corrected chi connectivity index (χ2v) is 7.97. The van der Waals surface area contributed by atoms with Gasteiger partial charge >= 0.3 is 6.03 Å². The van der Waals surface area contributed by atoms with Gasteiger partial charge in [-0.1, -0.05) is 31.4 Å². The van der Waals surface area contributed by atoms with Gasteiger partial charge in [0.15, 0.2) is 0 Å². The zero-order valence-corrected chi connectivity index (χ0v) is 17.3. The van der Waals surface area contributed by atoms with Gasteiger partial charge in [0.2, 0.25) is 5.91 Å². The number of urea groups is 1. The van der Waals surface area contributed by atoms with Gasteiger partial charge in [0, 0.05) is 44.3 Å². The highest BCUT2D eigenvalue weighted by Gasteiger charge is 2.15. The van der Waals surface area contributed by atoms with E-state index in [0.29, 0.717) is 25.4 Å². The van der Waals surface area contributed by atoms with Gasteiger partial charge in [0.1, 0.15) is 0 Å². The van der Waals surface area contributed by atoms with Crippen LogP contribution in [0.3, 0.4) is 0 Å². The molecule has 7 heteroatoms. The van der Waals surface area contributed by atoms with Crippen LogP contribution in [-0.4, -0.2) is 55.7 Å². The number of carbonyl (C=O) groups is 2. The Labute approximate surface area is 173 Å². The molecule has 0 radical (unpaired) electrons. The van der Waals surface area contributed by atoms with Crippen LogP contribution in [0, 0.1) is 0 Å². The molecule has 1 aromatic rings. The van der Waals surface area contributed by atoms with Crippen LogP contribution < -0.4 is 16.0 Å². The van der Waals surface area contributed by atoms with Crippen LogP contribution in [0.5, 0.6) is 0 Å². The zero-order chi connectivity index (χ0) is 20.3. The molecule has 29 heavy (non-hydrogen) atoms. The number of nitrogens with one attached hydrogen (secondary N) is 3. The van der Waals surface area contributed by atoms with Gasteiger partial charge in [-0.05, 0) is 37.0 Å². The summed E-state index contributed by atoms with van der Waals surface area (Å²) in [5.74, 6) is -0.0274. The van der Waals surface area contributed by atoms with Gasteiger partial charge in [0.25, 0.3) is 0 Å². The zero-order valence-electron chi connectivity index (χ0n) is 17.3. The summed E-state index contributed by atoms with van der Waals surface area (Å²) in [6, 6.07) is 8.20. The first-order chi connectivity index (χ1) is 14.2. The molecule has 1 aromatic carbocycles. The molecule has 0 unspecified atom stereocenters. The lowest BCUT2D eigenvalue weighted by atomic mass is 9.96. The van der Waals surface area contributed by atoms with Crippen molar-refractivity contribution in [1.82, 2.24) is 15.5 Å². The van der Waals surface area contributed by atoms with Gasteiger partial charge in [0.05, 0.1) is 13.2 Å². The van der Waals surface area contributed by atoms with E-state index in [-0.39, 0.29) is 11.9 Å². The molecule has 1 heterocycles. The third-order valence-electron chi connectivity index (χ3n) is 5.55. The minimum atomic E-state index is -0.117. The predicted octanol–water partition coefficient (Wildman–Crippen LogP) is 2.87. The second-order valence-electron chi connectivity index (χ2n) is 7.97. The fourth-order valence-electron chi connectivity index (χ4n) is 3.87. The number of benzene rings is 1. The third kappa shape index (κ3) is 8.03. The molecule has 1 saturated heterocycles. The fourth-order valence-corrected chi connectivity index (χ4v) is 3.87. The van der Waals surface area contributed by atoms with E-state index in [2.05, 4.69) is 33.0 Å². The molecule has 3 N–H and O–H groups in total. The molecule has 1 saturated carbocycles. The standard InChI is InChI=1S/C22H34N4O3/c27-21(7-4-12-23-22(28)25-19-5-2-1-3-6-19)24-20-10-8-18(9-11-20)17-26-13-15-29-16-14-26/h8-11,19H,1-7,12-17H2,(H,24,27)(H2,23,25,28). The Hall–Kier alpha value is -2.12. The summed E-state index contributed by atoms with van der Waals surface area (Å²) in [7, 11) is 0. The second kappa shape index (κ2) is 11.8. The molecule has 2 aliphatic rings. The number of ether oxygens (including phenoxy) is 1. The van der Waals surface area contributed by atoms with Crippen molar-refractivity contribution in [3.63, 3.8) is 0 Å². The molecule has 7 nitrogen and oxygen atoms in total. The van der Waals surface area contributed by atoms with Gasteiger partial charge in [-0.25, -0.2) is 4.79 Å². The number of hydrogen-bond acceptors (Lipinski definition) is 4. The summed E-state index contributed by atoms with van der Waals surface area (Å²) >= 11 is 0. The fraction of sp³-hybridized carbons (Fsp3) is 0.636. The van der Waals surface area contributed by atoms with E-state index < -0.39 is 0 Å². The Morgan fingerprint density at radius 3 is 2.48 bits per heavy atom. The van der Waals surface area contributed by atoms with Gasteiger partial charge in [-0.2, -0.15) is 0 Å². The maximum Gasteiger partial charge on any atom is 0.315 e. The molecule has 0 aromatic heterocycles. The van der Waals surface area contributed by atoms with Crippen LogP contribution in [0.4, 0.5) is 10.5 Å². The first kappa shape index (κ1) is 21.6. The summed E-state index contributed by atoms with van der Waals surface area (Å²) in [4.78, 5) is 26.4. The average molecular weight is 403 g/mol. The maximum absolute atomic E-state index is 12.1. The van der Waals surface area contributed by atoms with Crippen molar-refractivity contribution >= 4 is 17.6 Å². The molecular weight excluding hydrogens is 368 g/mol. The summed E-state index contributed by atoms with van der Waals surface area (Å²) in [5.41, 5.74) is 2.04. The van der Waals surface area contributed by atoms with Crippen LogP contribution in [0.15, 0.2) is 24.3 Å². The predicted molar refractivity (Wildman–Crippen MR) is 114 cm³/mol. The number of rotatable bonds is 8. The average Bonchev–Trinajstić information content (AvgIpc) is 2.74. The summed E-state index contributed by atoms with van der Waals surface area (Å²) in [6.45, 7) is 4.93. The lowest BCUT2D eigenvalue weighted by molar-refractivity contribution is -0.116. The van der Waals surface area contributed by atoms with Crippen molar-refractivity contribution in [3.05, 3.63) is 29.8 Å². The van der Waals surface area contributed by atoms with Crippen LogP contribution in [0.1, 0.15) is 50.5 Å². The number of carbonyl (C=O) groups excluding carboxylic acids is 2. The third-order valence-corrected chi connectivity index (χ3v) is 5.55. The molecule has 3 rings (SSSR count). The lowest BCUT2D eigenvalue weighted by Crippen LogP contribution is -2.43. The molecule has 0 spiro atoms. The SMILES string of the molecule is O=C(CCCNC(=O)NC1CCCCC1)Nc1ccc(CN2CCOCC2)cc1. The number of anilines is 1. The molecule has 160 valence electrons. The van der Waals surface area contributed by atoms with Crippen LogP contribution in [-0.2, 0) is 16.1 Å².